The minimum absolute atomic E-state index is 0.00300. The van der Waals surface area contributed by atoms with E-state index in [1.165, 1.54) is 20.3 Å². The molecule has 1 aliphatic heterocycles. The predicted octanol–water partition coefficient (Wildman–Crippen LogP) is 3.48. The molecule has 31 heavy (non-hydrogen) atoms. The Labute approximate surface area is 186 Å². The van der Waals surface area contributed by atoms with E-state index in [4.69, 9.17) is 21.1 Å². The lowest BCUT2D eigenvalue weighted by Gasteiger charge is -2.38. The minimum Gasteiger partial charge on any atom is -0.494 e. The molecule has 0 bridgehead atoms. The molecule has 0 spiro atoms. The maximum absolute atomic E-state index is 13.8. The molecule has 3 rings (SSSR count). The number of amides is 1. The number of carbonyl (C=O) groups excluding carboxylic acids is 2. The summed E-state index contributed by atoms with van der Waals surface area (Å²) < 4.78 is 23.8. The van der Waals surface area contributed by atoms with E-state index in [0.717, 1.165) is 5.56 Å². The molecular weight excluding hydrogens is 423 g/mol. The summed E-state index contributed by atoms with van der Waals surface area (Å²) >= 11 is 6.31. The van der Waals surface area contributed by atoms with E-state index >= 15 is 0 Å². The quantitative estimate of drug-likeness (QED) is 0.607. The van der Waals surface area contributed by atoms with Crippen LogP contribution in [0.4, 0.5) is 4.39 Å². The highest BCUT2D eigenvalue weighted by Gasteiger charge is 2.33. The Balaban J connectivity index is 1.58. The van der Waals surface area contributed by atoms with Crippen molar-refractivity contribution >= 4 is 23.5 Å². The highest BCUT2D eigenvalue weighted by atomic mass is 35.5. The van der Waals surface area contributed by atoms with Gasteiger partial charge in [-0.3, -0.25) is 9.69 Å². The van der Waals surface area contributed by atoms with Gasteiger partial charge in [-0.2, -0.15) is 0 Å². The zero-order chi connectivity index (χ0) is 22.4. The van der Waals surface area contributed by atoms with E-state index in [2.05, 4.69) is 0 Å². The molecule has 0 aromatic heterocycles. The van der Waals surface area contributed by atoms with Crippen molar-refractivity contribution in [2.45, 2.75) is 18.9 Å². The van der Waals surface area contributed by atoms with Crippen LogP contribution < -0.4 is 4.74 Å². The maximum atomic E-state index is 13.8. The van der Waals surface area contributed by atoms with Crippen LogP contribution in [0.15, 0.2) is 42.5 Å². The normalized spacial score (nSPS) is 15.4. The van der Waals surface area contributed by atoms with Crippen molar-refractivity contribution in [3.63, 3.8) is 0 Å². The molecule has 1 heterocycles. The van der Waals surface area contributed by atoms with Crippen LogP contribution in [0.25, 0.3) is 0 Å². The Kier molecular flexibility index (Phi) is 7.87. The number of piperazine rings is 1. The van der Waals surface area contributed by atoms with Crippen LogP contribution in [-0.4, -0.2) is 62.1 Å². The summed E-state index contributed by atoms with van der Waals surface area (Å²) in [5, 5.41) is 0.503. The van der Waals surface area contributed by atoms with Crippen LogP contribution in [0.2, 0.25) is 5.02 Å². The van der Waals surface area contributed by atoms with E-state index in [1.807, 2.05) is 23.1 Å². The molecule has 1 saturated heterocycles. The van der Waals surface area contributed by atoms with Gasteiger partial charge in [0.15, 0.2) is 11.6 Å². The standard InChI is InChI=1S/C23H26ClFN2O4/c1-30-20-9-7-16(15-19(20)25)8-10-21(28)26-11-13-27(14-12-26)22(23(29)31-2)17-5-3-4-6-18(17)24/h3-7,9,15,22H,8,10-14H2,1-2H3. The van der Waals surface area contributed by atoms with Gasteiger partial charge in [-0.05, 0) is 35.7 Å². The number of ether oxygens (including phenoxy) is 2. The third kappa shape index (κ3) is 5.54. The van der Waals surface area contributed by atoms with Crippen molar-refractivity contribution in [2.75, 3.05) is 40.4 Å². The SMILES string of the molecule is COC(=O)C(c1ccccc1Cl)N1CCN(C(=O)CCc2ccc(OC)c(F)c2)CC1. The molecule has 0 aliphatic carbocycles. The van der Waals surface area contributed by atoms with Gasteiger partial charge < -0.3 is 14.4 Å². The molecule has 0 saturated carbocycles. The van der Waals surface area contributed by atoms with Gasteiger partial charge >= 0.3 is 5.97 Å². The summed E-state index contributed by atoms with van der Waals surface area (Å²) in [6.07, 6.45) is 0.737. The molecule has 0 radical (unpaired) electrons. The Morgan fingerprint density at radius 2 is 1.81 bits per heavy atom. The van der Waals surface area contributed by atoms with Crippen LogP contribution >= 0.6 is 11.6 Å². The van der Waals surface area contributed by atoms with Gasteiger partial charge in [-0.25, -0.2) is 9.18 Å². The van der Waals surface area contributed by atoms with Gasteiger partial charge in [-0.1, -0.05) is 35.9 Å². The first-order chi connectivity index (χ1) is 14.9. The number of nitrogens with zero attached hydrogens (tertiary/aromatic N) is 2. The first kappa shape index (κ1) is 23.0. The van der Waals surface area contributed by atoms with Crippen molar-refractivity contribution < 1.29 is 23.5 Å². The fourth-order valence-corrected chi connectivity index (χ4v) is 4.02. The van der Waals surface area contributed by atoms with E-state index in [-0.39, 0.29) is 24.0 Å². The average Bonchev–Trinajstić information content (AvgIpc) is 2.79. The number of benzene rings is 2. The molecule has 0 N–H and O–H groups in total. The lowest BCUT2D eigenvalue weighted by Crippen LogP contribution is -2.51. The number of hydrogen-bond acceptors (Lipinski definition) is 5. The lowest BCUT2D eigenvalue weighted by atomic mass is 10.0. The van der Waals surface area contributed by atoms with Crippen LogP contribution in [0.1, 0.15) is 23.6 Å². The summed E-state index contributed by atoms with van der Waals surface area (Å²) in [6.45, 7) is 2.03. The fourth-order valence-electron chi connectivity index (χ4n) is 3.79. The Morgan fingerprint density at radius 1 is 1.10 bits per heavy atom. The Morgan fingerprint density at radius 3 is 2.42 bits per heavy atom. The van der Waals surface area contributed by atoms with E-state index < -0.39 is 11.9 Å². The lowest BCUT2D eigenvalue weighted by molar-refractivity contribution is -0.148. The number of esters is 1. The zero-order valence-electron chi connectivity index (χ0n) is 17.6. The Hall–Kier alpha value is -2.64. The number of hydrogen-bond donors (Lipinski definition) is 0. The molecule has 8 heteroatoms. The van der Waals surface area contributed by atoms with Crippen LogP contribution in [0.3, 0.4) is 0 Å². The van der Waals surface area contributed by atoms with Gasteiger partial charge in [0.05, 0.1) is 14.2 Å². The van der Waals surface area contributed by atoms with Crippen molar-refractivity contribution in [3.05, 3.63) is 64.4 Å². The number of halogens is 2. The summed E-state index contributed by atoms with van der Waals surface area (Å²) in [5.74, 6) is -0.628. The fraction of sp³-hybridized carbons (Fsp3) is 0.391. The highest BCUT2D eigenvalue weighted by molar-refractivity contribution is 6.31. The van der Waals surface area contributed by atoms with Crippen molar-refractivity contribution in [1.29, 1.82) is 0 Å². The maximum Gasteiger partial charge on any atom is 0.327 e. The van der Waals surface area contributed by atoms with Crippen molar-refractivity contribution in [2.24, 2.45) is 0 Å². The van der Waals surface area contributed by atoms with Gasteiger partial charge in [-0.15, -0.1) is 0 Å². The topological polar surface area (TPSA) is 59.1 Å². The molecule has 6 nitrogen and oxygen atoms in total. The van der Waals surface area contributed by atoms with Crippen molar-refractivity contribution in [1.82, 2.24) is 9.80 Å². The monoisotopic (exact) mass is 448 g/mol. The summed E-state index contributed by atoms with van der Waals surface area (Å²) in [5.41, 5.74) is 1.44. The molecular formula is C23H26ClFN2O4. The highest BCUT2D eigenvalue weighted by Crippen LogP contribution is 2.29. The average molecular weight is 449 g/mol. The predicted molar refractivity (Wildman–Crippen MR) is 116 cm³/mol. The molecule has 1 fully saturated rings. The molecule has 166 valence electrons. The summed E-state index contributed by atoms with van der Waals surface area (Å²) in [4.78, 5) is 28.9. The zero-order valence-corrected chi connectivity index (χ0v) is 18.4. The number of methoxy groups -OCH3 is 2. The minimum atomic E-state index is -0.613. The van der Waals surface area contributed by atoms with Gasteiger partial charge in [0.25, 0.3) is 0 Å². The smallest absolute Gasteiger partial charge is 0.327 e. The Bertz CT molecular complexity index is 932. The second-order valence-corrected chi connectivity index (χ2v) is 7.74. The van der Waals surface area contributed by atoms with Crippen LogP contribution in [0, 0.1) is 5.82 Å². The molecule has 1 aliphatic rings. The first-order valence-corrected chi connectivity index (χ1v) is 10.5. The molecule has 1 atom stereocenters. The second kappa shape index (κ2) is 10.6. The molecule has 2 aromatic rings. The molecule has 1 unspecified atom stereocenters. The first-order valence-electron chi connectivity index (χ1n) is 10.1. The molecule has 1 amide bonds. The van der Waals surface area contributed by atoms with Crippen molar-refractivity contribution in [3.8, 4) is 5.75 Å². The number of aryl methyl sites for hydroxylation is 1. The van der Waals surface area contributed by atoms with Gasteiger partial charge in [0.1, 0.15) is 6.04 Å². The molecule has 2 aromatic carbocycles. The third-order valence-electron chi connectivity index (χ3n) is 5.50. The van der Waals surface area contributed by atoms with E-state index in [9.17, 15) is 14.0 Å². The van der Waals surface area contributed by atoms with Crippen LogP contribution in [-0.2, 0) is 20.7 Å². The van der Waals surface area contributed by atoms with Gasteiger partial charge in [0.2, 0.25) is 5.91 Å². The van der Waals surface area contributed by atoms with E-state index in [1.54, 1.807) is 23.1 Å². The third-order valence-corrected chi connectivity index (χ3v) is 5.84. The number of rotatable bonds is 7. The van der Waals surface area contributed by atoms with E-state index in [0.29, 0.717) is 43.2 Å². The van der Waals surface area contributed by atoms with Crippen LogP contribution in [0.5, 0.6) is 5.75 Å². The van der Waals surface area contributed by atoms with Gasteiger partial charge in [0, 0.05) is 37.6 Å². The number of carbonyl (C=O) groups is 2. The summed E-state index contributed by atoms with van der Waals surface area (Å²) in [6, 6.07) is 11.3. The largest absolute Gasteiger partial charge is 0.494 e. The second-order valence-electron chi connectivity index (χ2n) is 7.33. The summed E-state index contributed by atoms with van der Waals surface area (Å²) in [7, 11) is 2.77.